The van der Waals surface area contributed by atoms with E-state index in [4.69, 9.17) is 9.97 Å². The molecule has 3 aromatic rings. The molecule has 0 amide bonds. The Morgan fingerprint density at radius 2 is 1.63 bits per heavy atom. The van der Waals surface area contributed by atoms with E-state index in [-0.39, 0.29) is 11.7 Å². The van der Waals surface area contributed by atoms with Crippen molar-refractivity contribution in [3.63, 3.8) is 0 Å². The lowest BCUT2D eigenvalue weighted by atomic mass is 9.81. The Balaban J connectivity index is 1.37. The number of aromatic amines is 1. The molecule has 6 nitrogen and oxygen atoms in total. The number of aryl methyl sites for hydroxylation is 1. The molecule has 30 heavy (non-hydrogen) atoms. The SMILES string of the molecule is Cc1nc(N2CCN(c3cccc[nH+]3)CC2)nc2c1C(=O)C[C@@H](c1ccccc1)C2. The summed E-state index contributed by atoms with van der Waals surface area (Å²) in [4.78, 5) is 30.4. The number of carbonyl (C=O) groups excluding carboxylic acids is 1. The number of ketones is 1. The first kappa shape index (κ1) is 18.7. The first-order valence-corrected chi connectivity index (χ1v) is 10.6. The van der Waals surface area contributed by atoms with Gasteiger partial charge in [-0.3, -0.25) is 9.69 Å². The summed E-state index contributed by atoms with van der Waals surface area (Å²) in [6, 6.07) is 16.5. The lowest BCUT2D eigenvalue weighted by molar-refractivity contribution is -0.364. The Morgan fingerprint density at radius 1 is 0.900 bits per heavy atom. The summed E-state index contributed by atoms with van der Waals surface area (Å²) in [5.41, 5.74) is 3.66. The van der Waals surface area contributed by atoms with Crippen molar-refractivity contribution < 1.29 is 9.78 Å². The molecule has 0 spiro atoms. The fraction of sp³-hybridized carbons (Fsp3) is 0.333. The molecular formula is C24H26N5O+. The minimum absolute atomic E-state index is 0.165. The zero-order valence-electron chi connectivity index (χ0n) is 17.2. The quantitative estimate of drug-likeness (QED) is 0.677. The van der Waals surface area contributed by atoms with E-state index in [1.165, 1.54) is 5.56 Å². The van der Waals surface area contributed by atoms with E-state index in [2.05, 4.69) is 33.0 Å². The Hall–Kier alpha value is -3.28. The smallest absolute Gasteiger partial charge is 0.274 e. The average molecular weight is 401 g/mol. The number of nitrogens with zero attached hydrogens (tertiary/aromatic N) is 4. The zero-order chi connectivity index (χ0) is 20.5. The van der Waals surface area contributed by atoms with Gasteiger partial charge in [0.15, 0.2) is 5.78 Å². The van der Waals surface area contributed by atoms with E-state index in [9.17, 15) is 4.79 Å². The lowest BCUT2D eigenvalue weighted by Gasteiger charge is -2.32. The van der Waals surface area contributed by atoms with Crippen molar-refractivity contribution in [1.82, 2.24) is 9.97 Å². The molecule has 0 bridgehead atoms. The van der Waals surface area contributed by atoms with Gasteiger partial charge in [-0.15, -0.1) is 0 Å². The van der Waals surface area contributed by atoms with Crippen LogP contribution in [0, 0.1) is 6.92 Å². The zero-order valence-corrected chi connectivity index (χ0v) is 17.2. The summed E-state index contributed by atoms with van der Waals surface area (Å²) in [7, 11) is 0. The molecule has 1 atom stereocenters. The summed E-state index contributed by atoms with van der Waals surface area (Å²) in [5, 5.41) is 0. The second-order valence-electron chi connectivity index (χ2n) is 8.09. The first-order chi connectivity index (χ1) is 14.7. The first-order valence-electron chi connectivity index (χ1n) is 10.6. The molecule has 3 heterocycles. The maximum absolute atomic E-state index is 12.9. The fourth-order valence-corrected chi connectivity index (χ4v) is 4.59. The second-order valence-corrected chi connectivity index (χ2v) is 8.09. The molecule has 1 saturated heterocycles. The highest BCUT2D eigenvalue weighted by atomic mass is 16.1. The summed E-state index contributed by atoms with van der Waals surface area (Å²) in [6.45, 7) is 5.48. The number of carbonyl (C=O) groups is 1. The van der Waals surface area contributed by atoms with Gasteiger partial charge in [0.2, 0.25) is 5.95 Å². The highest BCUT2D eigenvalue weighted by Crippen LogP contribution is 2.33. The number of nitrogens with one attached hydrogen (secondary N) is 1. The largest absolute Gasteiger partial charge is 0.333 e. The molecule has 152 valence electrons. The van der Waals surface area contributed by atoms with Gasteiger partial charge in [0.05, 0.1) is 36.2 Å². The van der Waals surface area contributed by atoms with E-state index in [1.54, 1.807) is 0 Å². The molecule has 1 fully saturated rings. The number of H-pyrrole nitrogens is 1. The molecule has 1 aliphatic heterocycles. The number of Topliss-reactive ketones (excluding diaryl/α,β-unsaturated/α-hetero) is 1. The third-order valence-electron chi connectivity index (χ3n) is 6.17. The summed E-state index contributed by atoms with van der Waals surface area (Å²) in [5.74, 6) is 2.25. The molecule has 0 radical (unpaired) electrons. The maximum atomic E-state index is 12.9. The number of benzene rings is 1. The average Bonchev–Trinajstić information content (AvgIpc) is 2.80. The van der Waals surface area contributed by atoms with Crippen LogP contribution in [0.2, 0.25) is 0 Å². The van der Waals surface area contributed by atoms with Crippen molar-refractivity contribution in [2.45, 2.75) is 25.7 Å². The Labute approximate surface area is 176 Å². The number of hydrogen-bond donors (Lipinski definition) is 0. The van der Waals surface area contributed by atoms with Gasteiger partial charge in [-0.1, -0.05) is 36.4 Å². The van der Waals surface area contributed by atoms with Crippen molar-refractivity contribution in [2.75, 3.05) is 36.0 Å². The monoisotopic (exact) mass is 400 g/mol. The van der Waals surface area contributed by atoms with E-state index >= 15 is 0 Å². The minimum atomic E-state index is 0.165. The van der Waals surface area contributed by atoms with Crippen LogP contribution in [0.5, 0.6) is 0 Å². The van der Waals surface area contributed by atoms with Gasteiger partial charge >= 0.3 is 0 Å². The summed E-state index contributed by atoms with van der Waals surface area (Å²) >= 11 is 0. The number of rotatable bonds is 3. The summed E-state index contributed by atoms with van der Waals surface area (Å²) in [6.07, 6.45) is 3.28. The van der Waals surface area contributed by atoms with E-state index < -0.39 is 0 Å². The van der Waals surface area contributed by atoms with Crippen molar-refractivity contribution in [3.8, 4) is 0 Å². The van der Waals surface area contributed by atoms with Crippen LogP contribution in [-0.4, -0.2) is 41.9 Å². The standard InChI is InChI=1S/C24H25N5O/c1-17-23-20(15-19(16-21(23)30)18-7-3-2-4-8-18)27-24(26-17)29-13-11-28(12-14-29)22-9-5-6-10-25-22/h2-10,19H,11-16H2,1H3/p+1/t19-/m0/s1. The van der Waals surface area contributed by atoms with Crippen LogP contribution in [0.3, 0.4) is 0 Å². The van der Waals surface area contributed by atoms with E-state index in [1.807, 2.05) is 43.5 Å². The van der Waals surface area contributed by atoms with Gasteiger partial charge in [0, 0.05) is 12.5 Å². The normalized spacial score (nSPS) is 19.0. The lowest BCUT2D eigenvalue weighted by Crippen LogP contribution is -2.48. The molecule has 1 N–H and O–H groups in total. The van der Waals surface area contributed by atoms with Crippen LogP contribution >= 0.6 is 0 Å². The molecule has 5 rings (SSSR count). The molecule has 0 saturated carbocycles. The number of hydrogen-bond acceptors (Lipinski definition) is 5. The number of aromatic nitrogens is 3. The van der Waals surface area contributed by atoms with Gasteiger partial charge < -0.3 is 4.90 Å². The molecule has 0 unspecified atom stereocenters. The molecule has 1 aromatic carbocycles. The van der Waals surface area contributed by atoms with Gasteiger partial charge in [-0.05, 0) is 30.9 Å². The number of pyridine rings is 1. The van der Waals surface area contributed by atoms with Crippen LogP contribution in [0.4, 0.5) is 11.8 Å². The maximum Gasteiger partial charge on any atom is 0.274 e. The van der Waals surface area contributed by atoms with Crippen LogP contribution < -0.4 is 14.8 Å². The van der Waals surface area contributed by atoms with Gasteiger partial charge in [-0.25, -0.2) is 15.0 Å². The molecule has 2 aromatic heterocycles. The Morgan fingerprint density at radius 3 is 2.37 bits per heavy atom. The Kier molecular flexibility index (Phi) is 4.91. The predicted octanol–water partition coefficient (Wildman–Crippen LogP) is 2.84. The van der Waals surface area contributed by atoms with Crippen molar-refractivity contribution in [2.24, 2.45) is 0 Å². The molecule has 6 heteroatoms. The van der Waals surface area contributed by atoms with E-state index in [0.29, 0.717) is 6.42 Å². The van der Waals surface area contributed by atoms with Crippen molar-refractivity contribution in [1.29, 1.82) is 0 Å². The van der Waals surface area contributed by atoms with Crippen molar-refractivity contribution >= 4 is 17.5 Å². The third kappa shape index (κ3) is 3.54. The third-order valence-corrected chi connectivity index (χ3v) is 6.17. The second kappa shape index (κ2) is 7.86. The number of piperazine rings is 1. The highest BCUT2D eigenvalue weighted by Gasteiger charge is 2.31. The van der Waals surface area contributed by atoms with Crippen LogP contribution in [0.25, 0.3) is 0 Å². The predicted molar refractivity (Wildman–Crippen MR) is 116 cm³/mol. The van der Waals surface area contributed by atoms with Crippen molar-refractivity contribution in [3.05, 3.63) is 77.2 Å². The molecular weight excluding hydrogens is 374 g/mol. The fourth-order valence-electron chi connectivity index (χ4n) is 4.59. The van der Waals surface area contributed by atoms with Crippen LogP contribution in [0.1, 0.15) is 39.6 Å². The van der Waals surface area contributed by atoms with E-state index in [0.717, 1.165) is 61.3 Å². The topological polar surface area (TPSA) is 63.5 Å². The number of fused-ring (bicyclic) bond motifs is 1. The molecule has 1 aliphatic carbocycles. The van der Waals surface area contributed by atoms with Gasteiger partial charge in [0.25, 0.3) is 5.82 Å². The highest BCUT2D eigenvalue weighted by molar-refractivity contribution is 5.99. The molecule has 2 aliphatic rings. The Bertz CT molecular complexity index is 1050. The summed E-state index contributed by atoms with van der Waals surface area (Å²) < 4.78 is 0. The minimum Gasteiger partial charge on any atom is -0.333 e. The van der Waals surface area contributed by atoms with Gasteiger partial charge in [-0.2, -0.15) is 0 Å². The van der Waals surface area contributed by atoms with Crippen LogP contribution in [-0.2, 0) is 6.42 Å². The van der Waals surface area contributed by atoms with Gasteiger partial charge in [0.1, 0.15) is 13.1 Å². The number of anilines is 2. The van der Waals surface area contributed by atoms with Crippen LogP contribution in [0.15, 0.2) is 54.7 Å².